The fraction of sp³-hybridized carbons (Fsp3) is 0.0204. The Bertz CT molecular complexity index is 3090. The minimum atomic E-state index is -0.375. The van der Waals surface area contributed by atoms with Crippen LogP contribution in [0.2, 0.25) is 0 Å². The van der Waals surface area contributed by atoms with Gasteiger partial charge in [0.1, 0.15) is 0 Å². The quantitative estimate of drug-likeness (QED) is 0.182. The third kappa shape index (κ3) is 3.58. The van der Waals surface area contributed by atoms with Crippen molar-refractivity contribution in [2.75, 3.05) is 0 Å². The van der Waals surface area contributed by atoms with E-state index >= 15 is 0 Å². The Morgan fingerprint density at radius 1 is 0.404 bits per heavy atom. The van der Waals surface area contributed by atoms with Gasteiger partial charge in [-0.2, -0.15) is 0 Å². The lowest BCUT2D eigenvalue weighted by Gasteiger charge is -2.30. The smallest absolute Gasteiger partial charge is 0.160 e. The van der Waals surface area contributed by atoms with E-state index in [0.29, 0.717) is 0 Å². The van der Waals surface area contributed by atoms with Crippen molar-refractivity contribution in [1.82, 2.24) is 9.97 Å². The SMILES string of the molecule is c1ccc(-c2nc(-c3ccc4c(c3)-c3ccccc3C43c4ccccc4-c4ccccc43)nc3c2ccc2sc4ccc5ccccc5c4c23)cc1. The number of hydrogen-bond donors (Lipinski definition) is 0. The van der Waals surface area contributed by atoms with Crippen LogP contribution < -0.4 is 0 Å². The van der Waals surface area contributed by atoms with Crippen molar-refractivity contribution in [1.29, 1.82) is 0 Å². The zero-order valence-electron chi connectivity index (χ0n) is 28.0. The molecule has 3 heteroatoms. The normalized spacial score (nSPS) is 13.5. The van der Waals surface area contributed by atoms with E-state index < -0.39 is 0 Å². The molecule has 2 nitrogen and oxygen atoms in total. The minimum Gasteiger partial charge on any atom is -0.227 e. The average Bonchev–Trinajstić information content (AvgIpc) is 3.85. The Hall–Kier alpha value is -6.42. The second kappa shape index (κ2) is 10.3. The van der Waals surface area contributed by atoms with Crippen molar-refractivity contribution in [3.8, 4) is 44.9 Å². The molecule has 8 aromatic carbocycles. The highest BCUT2D eigenvalue weighted by atomic mass is 32.1. The van der Waals surface area contributed by atoms with Crippen LogP contribution in [-0.2, 0) is 5.41 Å². The molecule has 2 aliphatic rings. The van der Waals surface area contributed by atoms with Crippen LogP contribution >= 0.6 is 11.3 Å². The highest BCUT2D eigenvalue weighted by Gasteiger charge is 2.51. The summed E-state index contributed by atoms with van der Waals surface area (Å²) in [5.74, 6) is 0.742. The molecule has 0 bridgehead atoms. The lowest BCUT2D eigenvalue weighted by Crippen LogP contribution is -2.25. The summed E-state index contributed by atoms with van der Waals surface area (Å²) in [5, 5.41) is 6.05. The molecule has 0 saturated heterocycles. The third-order valence-electron chi connectivity index (χ3n) is 11.5. The minimum absolute atomic E-state index is 0.375. The Balaban J connectivity index is 1.17. The number of fused-ring (bicyclic) bond motifs is 17. The van der Waals surface area contributed by atoms with Gasteiger partial charge in [-0.15, -0.1) is 11.3 Å². The fourth-order valence-electron chi connectivity index (χ4n) is 9.40. The molecule has 0 fully saturated rings. The van der Waals surface area contributed by atoms with E-state index in [9.17, 15) is 0 Å². The van der Waals surface area contributed by atoms with Crippen LogP contribution in [0.5, 0.6) is 0 Å². The summed E-state index contributed by atoms with van der Waals surface area (Å²) < 4.78 is 2.52. The molecule has 2 aromatic heterocycles. The molecule has 0 saturated carbocycles. The van der Waals surface area contributed by atoms with Crippen LogP contribution in [0.3, 0.4) is 0 Å². The molecule has 0 unspecified atom stereocenters. The first kappa shape index (κ1) is 28.3. The highest BCUT2D eigenvalue weighted by molar-refractivity contribution is 7.26. The first-order chi connectivity index (χ1) is 25.8. The maximum atomic E-state index is 5.53. The predicted molar refractivity (Wildman–Crippen MR) is 217 cm³/mol. The van der Waals surface area contributed by atoms with E-state index in [1.807, 2.05) is 11.3 Å². The van der Waals surface area contributed by atoms with Crippen LogP contribution in [0.15, 0.2) is 170 Å². The molecule has 240 valence electrons. The molecule has 0 radical (unpaired) electrons. The van der Waals surface area contributed by atoms with Crippen LogP contribution in [-0.4, -0.2) is 9.97 Å². The maximum Gasteiger partial charge on any atom is 0.160 e. The summed E-state index contributed by atoms with van der Waals surface area (Å²) in [5.41, 5.74) is 14.2. The van der Waals surface area contributed by atoms with Crippen molar-refractivity contribution in [3.63, 3.8) is 0 Å². The van der Waals surface area contributed by atoms with Crippen molar-refractivity contribution in [2.45, 2.75) is 5.41 Å². The van der Waals surface area contributed by atoms with Gasteiger partial charge >= 0.3 is 0 Å². The summed E-state index contributed by atoms with van der Waals surface area (Å²) >= 11 is 1.84. The van der Waals surface area contributed by atoms with E-state index in [1.165, 1.54) is 75.5 Å². The molecule has 2 aliphatic carbocycles. The van der Waals surface area contributed by atoms with Gasteiger partial charge in [-0.05, 0) is 79.5 Å². The molecule has 10 aromatic rings. The Labute approximate surface area is 304 Å². The van der Waals surface area contributed by atoms with Crippen molar-refractivity contribution >= 4 is 53.2 Å². The Morgan fingerprint density at radius 3 is 1.75 bits per heavy atom. The molecular formula is C49H28N2S. The van der Waals surface area contributed by atoms with E-state index in [4.69, 9.17) is 9.97 Å². The van der Waals surface area contributed by atoms with Crippen molar-refractivity contribution in [3.05, 3.63) is 192 Å². The standard InChI is InChI=1S/C49H28N2S/c1-2-13-30(14-3-1)46-36-24-27-43-45(44-32-15-5-4-12-29(32)23-26-42(44)52-43)47(36)51-48(50-46)31-22-25-41-37(28-31)35-18-8-11-21-40(35)49(41)38-19-9-6-16-33(38)34-17-7-10-20-39(34)49/h1-28H. The van der Waals surface area contributed by atoms with Gasteiger partial charge in [0.2, 0.25) is 0 Å². The van der Waals surface area contributed by atoms with Crippen molar-refractivity contribution < 1.29 is 0 Å². The zero-order valence-corrected chi connectivity index (χ0v) is 28.8. The van der Waals surface area contributed by atoms with Gasteiger partial charge in [-0.3, -0.25) is 0 Å². The lowest BCUT2D eigenvalue weighted by molar-refractivity contribution is 0.794. The van der Waals surface area contributed by atoms with Gasteiger partial charge in [-0.1, -0.05) is 146 Å². The molecule has 0 atom stereocenters. The van der Waals surface area contributed by atoms with E-state index in [-0.39, 0.29) is 5.41 Å². The van der Waals surface area contributed by atoms with Gasteiger partial charge in [0, 0.05) is 36.7 Å². The molecule has 12 rings (SSSR count). The third-order valence-corrected chi connectivity index (χ3v) is 12.6. The van der Waals surface area contributed by atoms with Crippen LogP contribution in [0, 0.1) is 0 Å². The molecule has 0 amide bonds. The zero-order chi connectivity index (χ0) is 34.0. The monoisotopic (exact) mass is 676 g/mol. The van der Waals surface area contributed by atoms with Crippen LogP contribution in [0.1, 0.15) is 22.3 Å². The maximum absolute atomic E-state index is 5.53. The van der Waals surface area contributed by atoms with E-state index in [0.717, 1.165) is 33.5 Å². The van der Waals surface area contributed by atoms with Gasteiger partial charge in [0.05, 0.1) is 16.6 Å². The summed E-state index contributed by atoms with van der Waals surface area (Å²) in [6, 6.07) is 62.1. The van der Waals surface area contributed by atoms with E-state index in [1.54, 1.807) is 0 Å². The molecule has 0 N–H and O–H groups in total. The Kier molecular flexibility index (Phi) is 5.62. The molecule has 1 spiro atoms. The predicted octanol–water partition coefficient (Wildman–Crippen LogP) is 12.8. The molecular weight excluding hydrogens is 649 g/mol. The summed E-state index contributed by atoms with van der Waals surface area (Å²) in [7, 11) is 0. The molecule has 2 heterocycles. The topological polar surface area (TPSA) is 25.8 Å². The summed E-state index contributed by atoms with van der Waals surface area (Å²) in [4.78, 5) is 10.9. The summed E-state index contributed by atoms with van der Waals surface area (Å²) in [6.07, 6.45) is 0. The number of hydrogen-bond acceptors (Lipinski definition) is 3. The first-order valence-corrected chi connectivity index (χ1v) is 18.6. The second-order valence-electron chi connectivity index (χ2n) is 14.0. The molecule has 0 aliphatic heterocycles. The van der Waals surface area contributed by atoms with Gasteiger partial charge in [0.25, 0.3) is 0 Å². The fourth-order valence-corrected chi connectivity index (χ4v) is 10.5. The average molecular weight is 677 g/mol. The number of rotatable bonds is 2. The van der Waals surface area contributed by atoms with Gasteiger partial charge in [0.15, 0.2) is 5.82 Å². The largest absolute Gasteiger partial charge is 0.227 e. The number of nitrogens with zero attached hydrogens (tertiary/aromatic N) is 2. The lowest BCUT2D eigenvalue weighted by atomic mass is 9.70. The Morgan fingerprint density at radius 2 is 1.00 bits per heavy atom. The second-order valence-corrected chi connectivity index (χ2v) is 15.1. The van der Waals surface area contributed by atoms with Gasteiger partial charge in [-0.25, -0.2) is 9.97 Å². The number of thiophene rings is 1. The van der Waals surface area contributed by atoms with Crippen LogP contribution in [0.4, 0.5) is 0 Å². The van der Waals surface area contributed by atoms with E-state index in [2.05, 4.69) is 170 Å². The highest BCUT2D eigenvalue weighted by Crippen LogP contribution is 2.63. The molecule has 52 heavy (non-hydrogen) atoms. The number of aromatic nitrogens is 2. The summed E-state index contributed by atoms with van der Waals surface area (Å²) in [6.45, 7) is 0. The van der Waals surface area contributed by atoms with Crippen molar-refractivity contribution in [2.24, 2.45) is 0 Å². The van der Waals surface area contributed by atoms with Gasteiger partial charge < -0.3 is 0 Å². The number of benzene rings is 8. The first-order valence-electron chi connectivity index (χ1n) is 17.8. The van der Waals surface area contributed by atoms with Crippen LogP contribution in [0.25, 0.3) is 86.7 Å².